The van der Waals surface area contributed by atoms with Crippen LogP contribution in [0.3, 0.4) is 0 Å². The Labute approximate surface area is 139 Å². The van der Waals surface area contributed by atoms with Crippen molar-refractivity contribution in [3.8, 4) is 11.8 Å². The smallest absolute Gasteiger partial charge is 0.257 e. The van der Waals surface area contributed by atoms with Crippen LogP contribution in [-0.2, 0) is 11.2 Å². The molecule has 120 valence electrons. The van der Waals surface area contributed by atoms with E-state index in [0.29, 0.717) is 17.9 Å². The van der Waals surface area contributed by atoms with Gasteiger partial charge < -0.3 is 15.0 Å². The number of ether oxygens (including phenoxy) is 1. The van der Waals surface area contributed by atoms with Gasteiger partial charge in [-0.25, -0.2) is 0 Å². The fraction of sp³-hybridized carbons (Fsp3) is 0.158. The van der Waals surface area contributed by atoms with Crippen molar-refractivity contribution in [1.29, 1.82) is 5.26 Å². The van der Waals surface area contributed by atoms with E-state index in [1.54, 1.807) is 24.3 Å². The monoisotopic (exact) mass is 319 g/mol. The summed E-state index contributed by atoms with van der Waals surface area (Å²) in [7, 11) is 0. The Bertz CT molecular complexity index is 893. The lowest BCUT2D eigenvalue weighted by Crippen LogP contribution is -2.30. The number of amides is 1. The van der Waals surface area contributed by atoms with Crippen molar-refractivity contribution in [2.45, 2.75) is 6.42 Å². The molecular formula is C19H17N3O2. The molecule has 2 N–H and O–H groups in total. The molecule has 1 amide bonds. The predicted octanol–water partition coefficient (Wildman–Crippen LogP) is 2.78. The first-order valence-electron chi connectivity index (χ1n) is 7.71. The van der Waals surface area contributed by atoms with Gasteiger partial charge in [0.25, 0.3) is 5.91 Å². The third-order valence-corrected chi connectivity index (χ3v) is 3.76. The number of carbonyl (C=O) groups excluding carboxylic acids is 1. The second-order valence-electron chi connectivity index (χ2n) is 5.36. The summed E-state index contributed by atoms with van der Waals surface area (Å²) in [6, 6.07) is 17.0. The van der Waals surface area contributed by atoms with Gasteiger partial charge in [-0.1, -0.05) is 30.3 Å². The fourth-order valence-corrected chi connectivity index (χ4v) is 2.55. The Kier molecular flexibility index (Phi) is 4.78. The van der Waals surface area contributed by atoms with Crippen LogP contribution in [0.1, 0.15) is 11.1 Å². The number of nitriles is 1. The van der Waals surface area contributed by atoms with Gasteiger partial charge >= 0.3 is 0 Å². The predicted molar refractivity (Wildman–Crippen MR) is 91.7 cm³/mol. The summed E-state index contributed by atoms with van der Waals surface area (Å²) in [5.41, 5.74) is 2.68. The zero-order valence-corrected chi connectivity index (χ0v) is 13.1. The Morgan fingerprint density at radius 3 is 2.83 bits per heavy atom. The molecule has 24 heavy (non-hydrogen) atoms. The topological polar surface area (TPSA) is 77.9 Å². The second kappa shape index (κ2) is 7.34. The van der Waals surface area contributed by atoms with Gasteiger partial charge in [0, 0.05) is 23.6 Å². The minimum absolute atomic E-state index is 0.105. The van der Waals surface area contributed by atoms with Crippen LogP contribution >= 0.6 is 0 Å². The first-order chi connectivity index (χ1) is 11.8. The number of H-pyrrole nitrogens is 1. The molecule has 0 bridgehead atoms. The van der Waals surface area contributed by atoms with E-state index in [1.807, 2.05) is 30.5 Å². The van der Waals surface area contributed by atoms with Gasteiger partial charge in [-0.15, -0.1) is 0 Å². The standard InChI is InChI=1S/C19H17N3O2/c20-11-14-5-1-4-8-18(14)24-13-19(23)21-10-9-15-12-22-17-7-3-2-6-16(15)17/h1-8,12,22H,9-10,13H2,(H,21,23). The summed E-state index contributed by atoms with van der Waals surface area (Å²) >= 11 is 0. The molecule has 0 radical (unpaired) electrons. The number of aromatic nitrogens is 1. The molecule has 5 heteroatoms. The van der Waals surface area contributed by atoms with Gasteiger partial charge in [-0.3, -0.25) is 4.79 Å². The number of aromatic amines is 1. The molecule has 1 heterocycles. The normalized spacial score (nSPS) is 10.3. The molecule has 1 aromatic heterocycles. The van der Waals surface area contributed by atoms with E-state index >= 15 is 0 Å². The fourth-order valence-electron chi connectivity index (χ4n) is 2.55. The van der Waals surface area contributed by atoms with E-state index in [9.17, 15) is 4.79 Å². The first kappa shape index (κ1) is 15.6. The SMILES string of the molecule is N#Cc1ccccc1OCC(=O)NCCc1c[nH]c2ccccc12. The number of fused-ring (bicyclic) bond motifs is 1. The number of nitrogens with zero attached hydrogens (tertiary/aromatic N) is 1. The zero-order chi connectivity index (χ0) is 16.8. The molecule has 0 fully saturated rings. The van der Waals surface area contributed by atoms with Gasteiger partial charge in [0.2, 0.25) is 0 Å². The van der Waals surface area contributed by atoms with E-state index in [-0.39, 0.29) is 12.5 Å². The number of benzene rings is 2. The van der Waals surface area contributed by atoms with Gasteiger partial charge in [-0.2, -0.15) is 5.26 Å². The molecule has 0 aliphatic heterocycles. The van der Waals surface area contributed by atoms with Crippen molar-refractivity contribution in [1.82, 2.24) is 10.3 Å². The van der Waals surface area contributed by atoms with Crippen LogP contribution in [0, 0.1) is 11.3 Å². The van der Waals surface area contributed by atoms with Gasteiger partial charge in [0.1, 0.15) is 11.8 Å². The highest BCUT2D eigenvalue weighted by Crippen LogP contribution is 2.18. The molecule has 0 unspecified atom stereocenters. The molecule has 2 aromatic carbocycles. The number of nitrogens with one attached hydrogen (secondary N) is 2. The lowest BCUT2D eigenvalue weighted by molar-refractivity contribution is -0.123. The van der Waals surface area contributed by atoms with E-state index < -0.39 is 0 Å². The van der Waals surface area contributed by atoms with E-state index in [0.717, 1.165) is 11.9 Å². The van der Waals surface area contributed by atoms with Gasteiger partial charge in [0.05, 0.1) is 5.56 Å². The van der Waals surface area contributed by atoms with Gasteiger partial charge in [-0.05, 0) is 30.2 Å². The summed E-state index contributed by atoms with van der Waals surface area (Å²) in [6.07, 6.45) is 2.71. The number of hydrogen-bond acceptors (Lipinski definition) is 3. The molecule has 3 rings (SSSR count). The van der Waals surface area contributed by atoms with Crippen LogP contribution < -0.4 is 10.1 Å². The molecule has 0 spiro atoms. The van der Waals surface area contributed by atoms with Gasteiger partial charge in [0.15, 0.2) is 6.61 Å². The second-order valence-corrected chi connectivity index (χ2v) is 5.36. The molecule has 0 aliphatic rings. The summed E-state index contributed by atoms with van der Waals surface area (Å²) in [6.45, 7) is 0.427. The summed E-state index contributed by atoms with van der Waals surface area (Å²) in [5.74, 6) is 0.217. The Hall–Kier alpha value is -3.26. The van der Waals surface area contributed by atoms with Crippen molar-refractivity contribution in [3.63, 3.8) is 0 Å². The molecular weight excluding hydrogens is 302 g/mol. The molecule has 0 aliphatic carbocycles. The zero-order valence-electron chi connectivity index (χ0n) is 13.1. The van der Waals surface area contributed by atoms with Crippen LogP contribution in [0.5, 0.6) is 5.75 Å². The highest BCUT2D eigenvalue weighted by molar-refractivity contribution is 5.83. The van der Waals surface area contributed by atoms with Crippen LogP contribution in [0.4, 0.5) is 0 Å². The van der Waals surface area contributed by atoms with Crippen molar-refractivity contribution in [2.24, 2.45) is 0 Å². The Balaban J connectivity index is 1.49. The van der Waals surface area contributed by atoms with E-state index in [2.05, 4.69) is 16.4 Å². The quantitative estimate of drug-likeness (QED) is 0.733. The number of para-hydroxylation sites is 2. The average Bonchev–Trinajstić information content (AvgIpc) is 3.03. The molecule has 3 aromatic rings. The van der Waals surface area contributed by atoms with Crippen LogP contribution in [0.15, 0.2) is 54.7 Å². The average molecular weight is 319 g/mol. The number of carbonyl (C=O) groups is 1. The number of rotatable bonds is 6. The van der Waals surface area contributed by atoms with E-state index in [4.69, 9.17) is 10.00 Å². The minimum Gasteiger partial charge on any atom is -0.482 e. The highest BCUT2D eigenvalue weighted by atomic mass is 16.5. The highest BCUT2D eigenvalue weighted by Gasteiger charge is 2.07. The van der Waals surface area contributed by atoms with Crippen LogP contribution in [-0.4, -0.2) is 24.0 Å². The van der Waals surface area contributed by atoms with Crippen molar-refractivity contribution in [3.05, 3.63) is 65.9 Å². The maximum Gasteiger partial charge on any atom is 0.257 e. The molecule has 0 atom stereocenters. The first-order valence-corrected chi connectivity index (χ1v) is 7.71. The molecule has 5 nitrogen and oxygen atoms in total. The third kappa shape index (κ3) is 3.55. The molecule has 0 saturated heterocycles. The van der Waals surface area contributed by atoms with E-state index in [1.165, 1.54) is 10.9 Å². The van der Waals surface area contributed by atoms with Crippen LogP contribution in [0.25, 0.3) is 10.9 Å². The Morgan fingerprint density at radius 2 is 1.96 bits per heavy atom. The van der Waals surface area contributed by atoms with Crippen molar-refractivity contribution in [2.75, 3.05) is 13.2 Å². The maximum atomic E-state index is 11.9. The summed E-state index contributed by atoms with van der Waals surface area (Å²) in [5, 5.41) is 13.0. The third-order valence-electron chi connectivity index (χ3n) is 3.76. The maximum absolute atomic E-state index is 11.9. The lowest BCUT2D eigenvalue weighted by Gasteiger charge is -2.08. The largest absolute Gasteiger partial charge is 0.482 e. The summed E-state index contributed by atoms with van der Waals surface area (Å²) < 4.78 is 5.41. The minimum atomic E-state index is -0.206. The molecule has 0 saturated carbocycles. The van der Waals surface area contributed by atoms with Crippen molar-refractivity contribution < 1.29 is 9.53 Å². The summed E-state index contributed by atoms with van der Waals surface area (Å²) in [4.78, 5) is 15.1. The Morgan fingerprint density at radius 1 is 1.17 bits per heavy atom. The van der Waals surface area contributed by atoms with Crippen molar-refractivity contribution >= 4 is 16.8 Å². The van der Waals surface area contributed by atoms with Crippen LogP contribution in [0.2, 0.25) is 0 Å². The lowest BCUT2D eigenvalue weighted by atomic mass is 10.1. The number of hydrogen-bond donors (Lipinski definition) is 2.